The molecule has 1 saturated carbocycles. The number of nitrogens with one attached hydrogen (secondary N) is 1. The lowest BCUT2D eigenvalue weighted by Crippen LogP contribution is -2.53. The first-order chi connectivity index (χ1) is 9.15. The van der Waals surface area contributed by atoms with Crippen molar-refractivity contribution in [1.29, 1.82) is 0 Å². The highest BCUT2D eigenvalue weighted by Gasteiger charge is 2.41. The van der Waals surface area contributed by atoms with Crippen LogP contribution in [0.1, 0.15) is 33.1 Å². The smallest absolute Gasteiger partial charge is 0.406 e. The molecule has 0 heterocycles. The second kappa shape index (κ2) is 6.32. The summed E-state index contributed by atoms with van der Waals surface area (Å²) in [5.41, 5.74) is 0. The van der Waals surface area contributed by atoms with Gasteiger partial charge in [0.2, 0.25) is 0 Å². The second-order valence-corrected chi connectivity index (χ2v) is 5.13. The Bertz CT molecular complexity index is 369. The van der Waals surface area contributed by atoms with Crippen LogP contribution in [0.15, 0.2) is 0 Å². The third-order valence-corrected chi connectivity index (χ3v) is 3.36. The van der Waals surface area contributed by atoms with E-state index in [1.165, 1.54) is 0 Å². The number of alkyl halides is 3. The lowest BCUT2D eigenvalue weighted by Gasteiger charge is -2.27. The third-order valence-electron chi connectivity index (χ3n) is 3.36. The number of nitrogens with zero attached hydrogens (tertiary/aromatic N) is 1. The molecule has 2 unspecified atom stereocenters. The van der Waals surface area contributed by atoms with Crippen molar-refractivity contribution in [1.82, 2.24) is 10.2 Å². The van der Waals surface area contributed by atoms with Crippen LogP contribution in [0.25, 0.3) is 0 Å². The van der Waals surface area contributed by atoms with Crippen LogP contribution in [0.4, 0.5) is 18.0 Å². The first kappa shape index (κ1) is 16.6. The molecule has 1 rings (SSSR count). The Morgan fingerprint density at radius 3 is 2.30 bits per heavy atom. The molecule has 116 valence electrons. The fourth-order valence-corrected chi connectivity index (χ4v) is 1.85. The maximum atomic E-state index is 12.4. The summed E-state index contributed by atoms with van der Waals surface area (Å²) < 4.78 is 37.3. The van der Waals surface area contributed by atoms with Crippen molar-refractivity contribution in [2.75, 3.05) is 6.54 Å². The minimum atomic E-state index is -4.49. The first-order valence-corrected chi connectivity index (χ1v) is 6.52. The van der Waals surface area contributed by atoms with Crippen LogP contribution in [-0.4, -0.2) is 46.8 Å². The normalized spacial score (nSPS) is 18.2. The van der Waals surface area contributed by atoms with Gasteiger partial charge in [0, 0.05) is 6.04 Å². The molecule has 1 fully saturated rings. The number of amides is 2. The van der Waals surface area contributed by atoms with Gasteiger partial charge < -0.3 is 15.3 Å². The number of urea groups is 1. The number of aliphatic carboxylic acids is 1. The molecule has 20 heavy (non-hydrogen) atoms. The van der Waals surface area contributed by atoms with E-state index < -0.39 is 36.8 Å². The van der Waals surface area contributed by atoms with Gasteiger partial charge in [-0.2, -0.15) is 13.2 Å². The van der Waals surface area contributed by atoms with Gasteiger partial charge in [0.15, 0.2) is 0 Å². The van der Waals surface area contributed by atoms with Crippen molar-refractivity contribution >= 4 is 12.0 Å². The molecular weight excluding hydrogens is 277 g/mol. The monoisotopic (exact) mass is 296 g/mol. The summed E-state index contributed by atoms with van der Waals surface area (Å²) in [5.74, 6) is -1.60. The Kier molecular flexibility index (Phi) is 5.24. The summed E-state index contributed by atoms with van der Waals surface area (Å²) in [6.07, 6.45) is -2.95. The Hall–Kier alpha value is -1.47. The molecule has 1 aliphatic rings. The Morgan fingerprint density at radius 1 is 1.40 bits per heavy atom. The van der Waals surface area contributed by atoms with Crippen LogP contribution in [-0.2, 0) is 4.79 Å². The fourth-order valence-electron chi connectivity index (χ4n) is 1.85. The molecule has 2 atom stereocenters. The molecular formula is C12H19F3N2O3. The number of rotatable bonds is 6. The van der Waals surface area contributed by atoms with Gasteiger partial charge in [-0.05, 0) is 18.8 Å². The van der Waals surface area contributed by atoms with Crippen molar-refractivity contribution in [3.8, 4) is 0 Å². The van der Waals surface area contributed by atoms with E-state index in [0.717, 1.165) is 0 Å². The molecule has 0 aliphatic heterocycles. The molecule has 8 heteroatoms. The van der Waals surface area contributed by atoms with Crippen LogP contribution < -0.4 is 5.32 Å². The Morgan fingerprint density at radius 2 is 1.95 bits per heavy atom. The van der Waals surface area contributed by atoms with E-state index in [-0.39, 0.29) is 5.92 Å². The minimum Gasteiger partial charge on any atom is -0.480 e. The van der Waals surface area contributed by atoms with E-state index >= 15 is 0 Å². The molecule has 0 aromatic rings. The van der Waals surface area contributed by atoms with Crippen LogP contribution in [0, 0.1) is 5.92 Å². The van der Waals surface area contributed by atoms with Gasteiger partial charge in [0.1, 0.15) is 12.6 Å². The molecule has 2 amide bonds. The molecule has 0 spiro atoms. The molecule has 0 saturated heterocycles. The minimum absolute atomic E-state index is 0.358. The SMILES string of the molecule is CCC(C)C(NC(=O)N(CC(F)(F)F)C1CC1)C(=O)O. The molecule has 0 aromatic heterocycles. The predicted octanol–water partition coefficient (Wildman–Crippen LogP) is 2.22. The van der Waals surface area contributed by atoms with Gasteiger partial charge in [-0.15, -0.1) is 0 Å². The van der Waals surface area contributed by atoms with Gasteiger partial charge >= 0.3 is 18.2 Å². The zero-order valence-corrected chi connectivity index (χ0v) is 11.4. The molecule has 0 radical (unpaired) electrons. The van der Waals surface area contributed by atoms with Crippen molar-refractivity contribution in [2.45, 2.75) is 51.4 Å². The van der Waals surface area contributed by atoms with Crippen molar-refractivity contribution in [2.24, 2.45) is 5.92 Å². The molecule has 2 N–H and O–H groups in total. The van der Waals surface area contributed by atoms with E-state index in [0.29, 0.717) is 24.2 Å². The largest absolute Gasteiger partial charge is 0.480 e. The lowest BCUT2D eigenvalue weighted by molar-refractivity contribution is -0.142. The van der Waals surface area contributed by atoms with Crippen LogP contribution in [0.3, 0.4) is 0 Å². The third kappa shape index (κ3) is 4.90. The second-order valence-electron chi connectivity index (χ2n) is 5.13. The quantitative estimate of drug-likeness (QED) is 0.789. The number of carbonyl (C=O) groups is 2. The van der Waals surface area contributed by atoms with Crippen molar-refractivity contribution in [3.63, 3.8) is 0 Å². The topological polar surface area (TPSA) is 69.6 Å². The van der Waals surface area contributed by atoms with Gasteiger partial charge in [0.05, 0.1) is 0 Å². The summed E-state index contributed by atoms with van der Waals surface area (Å²) in [4.78, 5) is 23.6. The number of hydrogen-bond acceptors (Lipinski definition) is 2. The standard InChI is InChI=1S/C12H19F3N2O3/c1-3-7(2)9(10(18)19)16-11(20)17(8-4-5-8)6-12(13,14)15/h7-9H,3-6H2,1-2H3,(H,16,20)(H,18,19). The van der Waals surface area contributed by atoms with Crippen molar-refractivity contribution in [3.05, 3.63) is 0 Å². The first-order valence-electron chi connectivity index (χ1n) is 6.52. The summed E-state index contributed by atoms with van der Waals surface area (Å²) in [6, 6.07) is -2.58. The maximum Gasteiger partial charge on any atom is 0.406 e. The Labute approximate surface area is 115 Å². The fraction of sp³-hybridized carbons (Fsp3) is 0.833. The number of carboxylic acids is 1. The molecule has 0 aromatic carbocycles. The summed E-state index contributed by atoms with van der Waals surface area (Å²) in [5, 5.41) is 11.2. The zero-order chi connectivity index (χ0) is 15.5. The molecule has 0 bridgehead atoms. The van der Waals surface area contributed by atoms with Gasteiger partial charge in [0.25, 0.3) is 0 Å². The average Bonchev–Trinajstić information content (AvgIpc) is 3.14. The number of carbonyl (C=O) groups excluding carboxylic acids is 1. The zero-order valence-electron chi connectivity index (χ0n) is 11.4. The lowest BCUT2D eigenvalue weighted by atomic mass is 9.99. The molecule has 1 aliphatic carbocycles. The number of hydrogen-bond donors (Lipinski definition) is 2. The van der Waals surface area contributed by atoms with E-state index in [1.807, 2.05) is 0 Å². The van der Waals surface area contributed by atoms with Crippen LogP contribution in [0.5, 0.6) is 0 Å². The average molecular weight is 296 g/mol. The van der Waals surface area contributed by atoms with Gasteiger partial charge in [-0.25, -0.2) is 9.59 Å². The van der Waals surface area contributed by atoms with E-state index in [1.54, 1.807) is 13.8 Å². The summed E-state index contributed by atoms with van der Waals surface area (Å²) in [7, 11) is 0. The number of carboxylic acid groups (broad SMARTS) is 1. The molecule has 5 nitrogen and oxygen atoms in total. The predicted molar refractivity (Wildman–Crippen MR) is 65.2 cm³/mol. The highest BCUT2D eigenvalue weighted by atomic mass is 19.4. The maximum absolute atomic E-state index is 12.4. The van der Waals surface area contributed by atoms with E-state index in [2.05, 4.69) is 5.32 Å². The highest BCUT2D eigenvalue weighted by molar-refractivity contribution is 5.83. The highest BCUT2D eigenvalue weighted by Crippen LogP contribution is 2.30. The van der Waals surface area contributed by atoms with Gasteiger partial charge in [-0.1, -0.05) is 20.3 Å². The van der Waals surface area contributed by atoms with Gasteiger partial charge in [-0.3, -0.25) is 0 Å². The van der Waals surface area contributed by atoms with Crippen LogP contribution >= 0.6 is 0 Å². The number of halogens is 3. The van der Waals surface area contributed by atoms with Crippen molar-refractivity contribution < 1.29 is 27.9 Å². The summed E-state index contributed by atoms with van der Waals surface area (Å²) >= 11 is 0. The van der Waals surface area contributed by atoms with E-state index in [9.17, 15) is 22.8 Å². The Balaban J connectivity index is 2.72. The van der Waals surface area contributed by atoms with Crippen LogP contribution in [0.2, 0.25) is 0 Å². The summed E-state index contributed by atoms with van der Waals surface area (Å²) in [6.45, 7) is 2.03. The van der Waals surface area contributed by atoms with E-state index in [4.69, 9.17) is 5.11 Å².